The highest BCUT2D eigenvalue weighted by Crippen LogP contribution is 2.18. The van der Waals surface area contributed by atoms with Gasteiger partial charge in [0, 0.05) is 0 Å². The lowest BCUT2D eigenvalue weighted by Gasteiger charge is -2.32. The Morgan fingerprint density at radius 1 is 1.38 bits per heavy atom. The Morgan fingerprint density at radius 2 is 2.05 bits per heavy atom. The molecule has 7 heteroatoms. The SMILES string of the molecule is CC(C)C[C@](C)(NC(=O)[C@@H]1CCCN1)C(=O)NC(=O)CN. The number of carbonyl (C=O) groups excluding carboxylic acids is 3. The molecule has 0 radical (unpaired) electrons. The van der Waals surface area contributed by atoms with Crippen LogP contribution < -0.4 is 21.7 Å². The highest BCUT2D eigenvalue weighted by atomic mass is 16.2. The predicted octanol–water partition coefficient (Wildman–Crippen LogP) is -0.739. The van der Waals surface area contributed by atoms with Gasteiger partial charge in [0.2, 0.25) is 11.8 Å². The number of hydrogen-bond donors (Lipinski definition) is 4. The lowest BCUT2D eigenvalue weighted by Crippen LogP contribution is -2.61. The van der Waals surface area contributed by atoms with Gasteiger partial charge in [0.05, 0.1) is 12.6 Å². The maximum absolute atomic E-state index is 12.3. The molecule has 0 aromatic heterocycles. The van der Waals surface area contributed by atoms with Crippen molar-refractivity contribution in [1.29, 1.82) is 0 Å². The predicted molar refractivity (Wildman–Crippen MR) is 79.2 cm³/mol. The summed E-state index contributed by atoms with van der Waals surface area (Å²) in [5, 5.41) is 8.12. The van der Waals surface area contributed by atoms with Crippen molar-refractivity contribution in [1.82, 2.24) is 16.0 Å². The van der Waals surface area contributed by atoms with Crippen molar-refractivity contribution in [3.05, 3.63) is 0 Å². The normalized spacial score (nSPS) is 20.9. The van der Waals surface area contributed by atoms with Crippen molar-refractivity contribution < 1.29 is 14.4 Å². The average Bonchev–Trinajstić information content (AvgIpc) is 2.91. The number of imide groups is 1. The molecule has 3 amide bonds. The third-order valence-electron chi connectivity index (χ3n) is 3.53. The lowest BCUT2D eigenvalue weighted by molar-refractivity contribution is -0.138. The summed E-state index contributed by atoms with van der Waals surface area (Å²) in [6.07, 6.45) is 2.14. The molecule has 0 unspecified atom stereocenters. The van der Waals surface area contributed by atoms with Gasteiger partial charge in [-0.1, -0.05) is 13.8 Å². The van der Waals surface area contributed by atoms with Crippen LogP contribution in [0.15, 0.2) is 0 Å². The zero-order chi connectivity index (χ0) is 16.0. The van der Waals surface area contributed by atoms with E-state index in [0.717, 1.165) is 19.4 Å². The van der Waals surface area contributed by atoms with Gasteiger partial charge in [-0.25, -0.2) is 0 Å². The molecule has 1 heterocycles. The minimum absolute atomic E-state index is 0.186. The van der Waals surface area contributed by atoms with E-state index in [0.29, 0.717) is 6.42 Å². The van der Waals surface area contributed by atoms with Crippen LogP contribution in [0.1, 0.15) is 40.0 Å². The lowest BCUT2D eigenvalue weighted by atomic mass is 9.89. The Labute approximate surface area is 125 Å². The maximum Gasteiger partial charge on any atom is 0.252 e. The summed E-state index contributed by atoms with van der Waals surface area (Å²) in [6.45, 7) is 6.09. The van der Waals surface area contributed by atoms with Crippen LogP contribution in [0, 0.1) is 5.92 Å². The minimum Gasteiger partial charge on any atom is -0.341 e. The van der Waals surface area contributed by atoms with Gasteiger partial charge in [-0.15, -0.1) is 0 Å². The number of nitrogens with one attached hydrogen (secondary N) is 3. The van der Waals surface area contributed by atoms with Gasteiger partial charge >= 0.3 is 0 Å². The van der Waals surface area contributed by atoms with Crippen molar-refractivity contribution in [2.45, 2.75) is 51.6 Å². The van der Waals surface area contributed by atoms with Crippen LogP contribution in [-0.4, -0.2) is 42.4 Å². The first-order chi connectivity index (χ1) is 9.78. The largest absolute Gasteiger partial charge is 0.341 e. The standard InChI is InChI=1S/C14H26N4O3/c1-9(2)7-14(3,13(21)17-11(19)8-15)18-12(20)10-5-4-6-16-10/h9-10,16H,4-8,15H2,1-3H3,(H,18,20)(H,17,19,21)/t10-,14-/m0/s1. The van der Waals surface area contributed by atoms with Crippen LogP contribution in [0.5, 0.6) is 0 Å². The molecule has 0 aromatic carbocycles. The monoisotopic (exact) mass is 298 g/mol. The molecule has 1 saturated heterocycles. The molecule has 7 nitrogen and oxygen atoms in total. The van der Waals surface area contributed by atoms with Gasteiger partial charge in [0.25, 0.3) is 5.91 Å². The number of rotatable bonds is 6. The van der Waals surface area contributed by atoms with Crippen molar-refractivity contribution in [2.75, 3.05) is 13.1 Å². The molecule has 1 fully saturated rings. The summed E-state index contributed by atoms with van der Waals surface area (Å²) >= 11 is 0. The fourth-order valence-electron chi connectivity index (χ4n) is 2.60. The summed E-state index contributed by atoms with van der Waals surface area (Å²) < 4.78 is 0. The van der Waals surface area contributed by atoms with E-state index in [1.807, 2.05) is 13.8 Å². The molecule has 5 N–H and O–H groups in total. The van der Waals surface area contributed by atoms with E-state index in [-0.39, 0.29) is 24.4 Å². The van der Waals surface area contributed by atoms with Gasteiger partial charge in [-0.05, 0) is 38.6 Å². The summed E-state index contributed by atoms with van der Waals surface area (Å²) in [5.74, 6) is -1.09. The number of carbonyl (C=O) groups is 3. The summed E-state index contributed by atoms with van der Waals surface area (Å²) in [4.78, 5) is 35.9. The second-order valence-electron chi connectivity index (χ2n) is 6.15. The van der Waals surface area contributed by atoms with Crippen LogP contribution in [0.2, 0.25) is 0 Å². The molecule has 1 aliphatic rings. The minimum atomic E-state index is -1.12. The molecular formula is C14H26N4O3. The first-order valence-corrected chi connectivity index (χ1v) is 7.38. The number of hydrogen-bond acceptors (Lipinski definition) is 5. The van der Waals surface area contributed by atoms with E-state index in [1.165, 1.54) is 0 Å². The molecule has 0 spiro atoms. The quantitative estimate of drug-likeness (QED) is 0.516. The molecule has 21 heavy (non-hydrogen) atoms. The maximum atomic E-state index is 12.3. The molecule has 1 aliphatic heterocycles. The highest BCUT2D eigenvalue weighted by molar-refractivity contribution is 6.02. The van der Waals surface area contributed by atoms with Gasteiger partial charge < -0.3 is 16.4 Å². The highest BCUT2D eigenvalue weighted by Gasteiger charge is 2.38. The van der Waals surface area contributed by atoms with Gasteiger partial charge in [0.1, 0.15) is 5.54 Å². The second kappa shape index (κ2) is 7.51. The van der Waals surface area contributed by atoms with Crippen LogP contribution in [-0.2, 0) is 14.4 Å². The van der Waals surface area contributed by atoms with Crippen LogP contribution in [0.3, 0.4) is 0 Å². The van der Waals surface area contributed by atoms with Gasteiger partial charge in [0.15, 0.2) is 0 Å². The van der Waals surface area contributed by atoms with Crippen molar-refractivity contribution >= 4 is 17.7 Å². The molecule has 0 bridgehead atoms. The van der Waals surface area contributed by atoms with E-state index in [9.17, 15) is 14.4 Å². The zero-order valence-electron chi connectivity index (χ0n) is 13.0. The third-order valence-corrected chi connectivity index (χ3v) is 3.53. The van der Waals surface area contributed by atoms with E-state index in [2.05, 4.69) is 16.0 Å². The zero-order valence-corrected chi connectivity index (χ0v) is 13.0. The van der Waals surface area contributed by atoms with Crippen LogP contribution >= 0.6 is 0 Å². The topological polar surface area (TPSA) is 113 Å². The van der Waals surface area contributed by atoms with Gasteiger partial charge in [-0.3, -0.25) is 19.7 Å². The summed E-state index contributed by atoms with van der Waals surface area (Å²) in [6, 6.07) is -0.269. The van der Waals surface area contributed by atoms with Crippen molar-refractivity contribution in [3.8, 4) is 0 Å². The first kappa shape index (κ1) is 17.6. The van der Waals surface area contributed by atoms with E-state index in [1.54, 1.807) is 6.92 Å². The molecule has 0 aliphatic carbocycles. The fraction of sp³-hybridized carbons (Fsp3) is 0.786. The summed E-state index contributed by atoms with van der Waals surface area (Å²) in [7, 11) is 0. The average molecular weight is 298 g/mol. The first-order valence-electron chi connectivity index (χ1n) is 7.38. The van der Waals surface area contributed by atoms with Crippen molar-refractivity contribution in [3.63, 3.8) is 0 Å². The number of nitrogens with two attached hydrogens (primary N) is 1. The molecular weight excluding hydrogens is 272 g/mol. The second-order valence-corrected chi connectivity index (χ2v) is 6.15. The Morgan fingerprint density at radius 3 is 2.52 bits per heavy atom. The summed E-state index contributed by atoms with van der Waals surface area (Å²) in [5.41, 5.74) is 4.08. The Hall–Kier alpha value is -1.47. The smallest absolute Gasteiger partial charge is 0.252 e. The van der Waals surface area contributed by atoms with Crippen LogP contribution in [0.4, 0.5) is 0 Å². The van der Waals surface area contributed by atoms with E-state index in [4.69, 9.17) is 5.73 Å². The van der Waals surface area contributed by atoms with Gasteiger partial charge in [-0.2, -0.15) is 0 Å². The number of amides is 3. The fourth-order valence-corrected chi connectivity index (χ4v) is 2.60. The van der Waals surface area contributed by atoms with E-state index < -0.39 is 17.4 Å². The Kier molecular flexibility index (Phi) is 6.29. The van der Waals surface area contributed by atoms with Crippen LogP contribution in [0.25, 0.3) is 0 Å². The third kappa shape index (κ3) is 5.09. The van der Waals surface area contributed by atoms with Crippen molar-refractivity contribution in [2.24, 2.45) is 11.7 Å². The Bertz CT molecular complexity index is 405. The molecule has 0 aromatic rings. The molecule has 1 rings (SSSR count). The molecule has 0 saturated carbocycles. The molecule has 120 valence electrons. The Balaban J connectivity index is 2.78. The van der Waals surface area contributed by atoms with E-state index >= 15 is 0 Å². The molecule has 2 atom stereocenters.